The van der Waals surface area contributed by atoms with Crippen LogP contribution >= 0.6 is 0 Å². The average molecular weight is 276 g/mol. The molecule has 1 aromatic carbocycles. The number of fused-ring (bicyclic) bond motifs is 2. The van der Waals surface area contributed by atoms with Gasteiger partial charge in [0.25, 0.3) is 0 Å². The van der Waals surface area contributed by atoms with Gasteiger partial charge in [0.1, 0.15) is 6.04 Å². The minimum atomic E-state index is 0. The molecule has 0 bridgehead atoms. The third-order valence-corrected chi connectivity index (χ3v) is 4.35. The number of allylic oxidation sites excluding steroid dienone is 1. The third kappa shape index (κ3) is 2.24. The van der Waals surface area contributed by atoms with Gasteiger partial charge in [0.15, 0.2) is 0 Å². The Hall–Kier alpha value is -0.366. The standard InChI is InChI=1S/C16H22N.Ti/c1-17(2,3)16-10-6-9-14-13-8-5-4-7-12(13)11-15(14)16;/h4-5,7-8,16H,6,9-11H2,1-3H3;/q+1;+4. The molecule has 1 atom stereocenters. The quantitative estimate of drug-likeness (QED) is 0.545. The molecule has 3 rings (SSSR count). The third-order valence-electron chi connectivity index (χ3n) is 4.35. The van der Waals surface area contributed by atoms with Crippen LogP contribution in [0.25, 0.3) is 5.57 Å². The monoisotopic (exact) mass is 276 g/mol. The van der Waals surface area contributed by atoms with Crippen LogP contribution in [-0.2, 0) is 28.1 Å². The van der Waals surface area contributed by atoms with Crippen LogP contribution in [0.5, 0.6) is 0 Å². The summed E-state index contributed by atoms with van der Waals surface area (Å²) in [5, 5.41) is 0. The van der Waals surface area contributed by atoms with Crippen molar-refractivity contribution in [2.24, 2.45) is 0 Å². The number of hydrogen-bond donors (Lipinski definition) is 0. The van der Waals surface area contributed by atoms with Crippen LogP contribution < -0.4 is 0 Å². The molecular formula is C16H22NTi+5. The summed E-state index contributed by atoms with van der Waals surface area (Å²) in [4.78, 5) is 0. The van der Waals surface area contributed by atoms with E-state index in [1.165, 1.54) is 25.7 Å². The number of benzene rings is 1. The Morgan fingerprint density at radius 2 is 1.83 bits per heavy atom. The van der Waals surface area contributed by atoms with E-state index in [1.54, 1.807) is 22.3 Å². The van der Waals surface area contributed by atoms with E-state index in [-0.39, 0.29) is 21.7 Å². The number of nitrogens with zero attached hydrogens (tertiary/aromatic N) is 1. The van der Waals surface area contributed by atoms with Gasteiger partial charge < -0.3 is 4.48 Å². The van der Waals surface area contributed by atoms with E-state index in [2.05, 4.69) is 45.4 Å². The summed E-state index contributed by atoms with van der Waals surface area (Å²) in [6.07, 6.45) is 5.21. The molecular weight excluding hydrogens is 254 g/mol. The van der Waals surface area contributed by atoms with Gasteiger partial charge in [-0.15, -0.1) is 0 Å². The van der Waals surface area contributed by atoms with E-state index < -0.39 is 0 Å². The fraction of sp³-hybridized carbons (Fsp3) is 0.500. The van der Waals surface area contributed by atoms with Crippen LogP contribution in [0.4, 0.5) is 0 Å². The second-order valence-corrected chi connectivity index (χ2v) is 6.36. The topological polar surface area (TPSA) is 0 Å². The van der Waals surface area contributed by atoms with Gasteiger partial charge in [-0.1, -0.05) is 24.3 Å². The Morgan fingerprint density at radius 3 is 2.56 bits per heavy atom. The Bertz CT molecular complexity index is 482. The molecule has 0 saturated carbocycles. The normalized spacial score (nSPS) is 22.3. The van der Waals surface area contributed by atoms with Gasteiger partial charge in [0.05, 0.1) is 21.1 Å². The van der Waals surface area contributed by atoms with Crippen molar-refractivity contribution < 1.29 is 26.2 Å². The molecule has 0 amide bonds. The van der Waals surface area contributed by atoms with E-state index in [0.29, 0.717) is 0 Å². The van der Waals surface area contributed by atoms with Crippen molar-refractivity contribution in [3.8, 4) is 0 Å². The molecule has 90 valence electrons. The number of likely N-dealkylation sites (N-methyl/N-ethyl adjacent to an activating group) is 1. The Balaban J connectivity index is 0.00000120. The van der Waals surface area contributed by atoms with Crippen molar-refractivity contribution in [1.82, 2.24) is 0 Å². The maximum absolute atomic E-state index is 2.34. The Labute approximate surface area is 125 Å². The van der Waals surface area contributed by atoms with Gasteiger partial charge >= 0.3 is 21.7 Å². The second-order valence-electron chi connectivity index (χ2n) is 6.36. The summed E-state index contributed by atoms with van der Waals surface area (Å²) in [7, 11) is 7.01. The van der Waals surface area contributed by atoms with Gasteiger partial charge in [-0.3, -0.25) is 0 Å². The van der Waals surface area contributed by atoms with E-state index in [1.807, 2.05) is 0 Å². The first kappa shape index (κ1) is 14.1. The predicted molar refractivity (Wildman–Crippen MR) is 72.7 cm³/mol. The molecule has 0 aromatic heterocycles. The van der Waals surface area contributed by atoms with E-state index in [0.717, 1.165) is 10.5 Å². The van der Waals surface area contributed by atoms with Gasteiger partial charge in [-0.25, -0.2) is 0 Å². The van der Waals surface area contributed by atoms with Crippen LogP contribution in [0.2, 0.25) is 0 Å². The summed E-state index contributed by atoms with van der Waals surface area (Å²) in [5.41, 5.74) is 6.49. The van der Waals surface area contributed by atoms with Crippen LogP contribution in [0.3, 0.4) is 0 Å². The molecule has 1 nitrogen and oxygen atoms in total. The fourth-order valence-electron chi connectivity index (χ4n) is 3.57. The van der Waals surface area contributed by atoms with Crippen molar-refractivity contribution in [1.29, 1.82) is 0 Å². The zero-order chi connectivity index (χ0) is 12.0. The summed E-state index contributed by atoms with van der Waals surface area (Å²) >= 11 is 0. The van der Waals surface area contributed by atoms with Crippen molar-refractivity contribution in [2.45, 2.75) is 31.7 Å². The summed E-state index contributed by atoms with van der Waals surface area (Å²) < 4.78 is 1.08. The maximum Gasteiger partial charge on any atom is 4.00 e. The molecule has 0 aliphatic heterocycles. The molecule has 18 heavy (non-hydrogen) atoms. The molecule has 0 N–H and O–H groups in total. The first-order chi connectivity index (χ1) is 8.07. The minimum Gasteiger partial charge on any atom is -0.325 e. The van der Waals surface area contributed by atoms with Crippen LogP contribution in [0.1, 0.15) is 30.4 Å². The molecule has 0 saturated heterocycles. The Morgan fingerprint density at radius 1 is 1.11 bits per heavy atom. The second kappa shape index (κ2) is 4.96. The molecule has 0 fully saturated rings. The SMILES string of the molecule is C[N+](C)(C)C1CCCC2=C1Cc1ccccc12.[Ti+4]. The first-order valence-corrected chi connectivity index (χ1v) is 6.68. The molecule has 1 unspecified atom stereocenters. The average Bonchev–Trinajstić information content (AvgIpc) is 2.65. The van der Waals surface area contributed by atoms with E-state index >= 15 is 0 Å². The number of hydrogen-bond acceptors (Lipinski definition) is 0. The smallest absolute Gasteiger partial charge is 0.325 e. The van der Waals surface area contributed by atoms with Gasteiger partial charge in [0.2, 0.25) is 0 Å². The van der Waals surface area contributed by atoms with E-state index in [9.17, 15) is 0 Å². The Kier molecular flexibility index (Phi) is 3.87. The largest absolute Gasteiger partial charge is 4.00 e. The molecule has 2 aliphatic carbocycles. The van der Waals surface area contributed by atoms with E-state index in [4.69, 9.17) is 0 Å². The summed E-state index contributed by atoms with van der Waals surface area (Å²) in [6.45, 7) is 0. The van der Waals surface area contributed by atoms with Crippen molar-refractivity contribution in [2.75, 3.05) is 21.1 Å². The van der Waals surface area contributed by atoms with Crippen LogP contribution in [-0.4, -0.2) is 31.7 Å². The number of rotatable bonds is 1. The zero-order valence-corrected chi connectivity index (χ0v) is 13.2. The predicted octanol–water partition coefficient (Wildman–Crippen LogP) is 3.25. The van der Waals surface area contributed by atoms with Crippen LogP contribution in [0.15, 0.2) is 29.8 Å². The van der Waals surface area contributed by atoms with Gasteiger partial charge in [-0.2, -0.15) is 0 Å². The summed E-state index contributed by atoms with van der Waals surface area (Å²) in [5.74, 6) is 0. The maximum atomic E-state index is 2.34. The minimum absolute atomic E-state index is 0. The molecule has 1 aromatic rings. The van der Waals surface area contributed by atoms with Gasteiger partial charge in [-0.05, 0) is 35.1 Å². The fourth-order valence-corrected chi connectivity index (χ4v) is 3.57. The molecule has 0 spiro atoms. The van der Waals surface area contributed by atoms with Crippen LogP contribution in [0, 0.1) is 0 Å². The summed E-state index contributed by atoms with van der Waals surface area (Å²) in [6, 6.07) is 9.71. The molecule has 0 heterocycles. The molecule has 2 aliphatic rings. The molecule has 2 heteroatoms. The van der Waals surface area contributed by atoms with Crippen molar-refractivity contribution in [3.63, 3.8) is 0 Å². The molecule has 0 radical (unpaired) electrons. The number of quaternary nitrogens is 1. The first-order valence-electron chi connectivity index (χ1n) is 6.68. The van der Waals surface area contributed by atoms with Crippen molar-refractivity contribution in [3.05, 3.63) is 41.0 Å². The van der Waals surface area contributed by atoms with Gasteiger partial charge in [0, 0.05) is 12.8 Å². The van der Waals surface area contributed by atoms with Crippen molar-refractivity contribution >= 4 is 5.57 Å². The zero-order valence-electron chi connectivity index (χ0n) is 11.7.